The Morgan fingerprint density at radius 2 is 2.00 bits per heavy atom. The number of halogens is 3. The monoisotopic (exact) mass is 436 g/mol. The molecule has 2 aromatic rings. The predicted molar refractivity (Wildman–Crippen MR) is 106 cm³/mol. The normalized spacial score (nSPS) is 16.4. The van der Waals surface area contributed by atoms with Gasteiger partial charge in [0.2, 0.25) is 0 Å². The Hall–Kier alpha value is -3.13. The largest absolute Gasteiger partial charge is 0.484 e. The van der Waals surface area contributed by atoms with Gasteiger partial charge in [0.1, 0.15) is 12.4 Å². The highest BCUT2D eigenvalue weighted by Gasteiger charge is 2.37. The fourth-order valence-electron chi connectivity index (χ4n) is 3.06. The van der Waals surface area contributed by atoms with Gasteiger partial charge >= 0.3 is 12.0 Å². The van der Waals surface area contributed by atoms with E-state index in [-0.39, 0.29) is 30.2 Å². The molecule has 1 aliphatic rings. The molecule has 0 bridgehead atoms. The van der Waals surface area contributed by atoms with Gasteiger partial charge in [0, 0.05) is 18.1 Å². The second kappa shape index (κ2) is 9.13. The smallest absolute Gasteiger partial charge is 0.338 e. The van der Waals surface area contributed by atoms with Crippen molar-refractivity contribution in [2.24, 2.45) is 0 Å². The summed E-state index contributed by atoms with van der Waals surface area (Å²) in [6.07, 6.45) is 0. The van der Waals surface area contributed by atoms with Crippen LogP contribution in [0.2, 0.25) is 5.02 Å². The van der Waals surface area contributed by atoms with Gasteiger partial charge in [0.15, 0.2) is 11.6 Å². The number of amides is 2. The van der Waals surface area contributed by atoms with E-state index in [1.807, 2.05) is 0 Å². The first-order valence-corrected chi connectivity index (χ1v) is 9.47. The number of nitrogens with one attached hydrogen (secondary N) is 1. The molecular formula is C21H19ClF2N2O4. The number of urea groups is 1. The van der Waals surface area contributed by atoms with Crippen molar-refractivity contribution >= 4 is 23.6 Å². The molecule has 0 fully saturated rings. The third-order valence-electron chi connectivity index (χ3n) is 4.51. The van der Waals surface area contributed by atoms with Gasteiger partial charge in [0.25, 0.3) is 0 Å². The molecule has 0 saturated carbocycles. The molecule has 158 valence electrons. The average Bonchev–Trinajstić information content (AvgIpc) is 2.70. The molecule has 0 spiro atoms. The van der Waals surface area contributed by atoms with Crippen molar-refractivity contribution < 1.29 is 27.8 Å². The summed E-state index contributed by atoms with van der Waals surface area (Å²) in [7, 11) is 1.45. The summed E-state index contributed by atoms with van der Waals surface area (Å²) < 4.78 is 37.7. The van der Waals surface area contributed by atoms with Crippen molar-refractivity contribution in [1.82, 2.24) is 10.2 Å². The number of benzene rings is 2. The number of hydrogen-bond donors (Lipinski definition) is 1. The number of ether oxygens (including phenoxy) is 2. The Labute approximate surface area is 177 Å². The van der Waals surface area contributed by atoms with Gasteiger partial charge in [-0.2, -0.15) is 0 Å². The minimum atomic E-state index is -0.900. The molecule has 1 heterocycles. The summed E-state index contributed by atoms with van der Waals surface area (Å²) in [6.45, 7) is 1.45. The fraction of sp³-hybridized carbons (Fsp3) is 0.238. The minimum Gasteiger partial charge on any atom is -0.484 e. The van der Waals surface area contributed by atoms with Crippen LogP contribution in [0.3, 0.4) is 0 Å². The van der Waals surface area contributed by atoms with Crippen LogP contribution >= 0.6 is 11.6 Å². The van der Waals surface area contributed by atoms with Gasteiger partial charge in [0.05, 0.1) is 23.9 Å². The molecule has 0 aromatic heterocycles. The summed E-state index contributed by atoms with van der Waals surface area (Å²) in [5, 5.41) is 3.16. The maximum atomic E-state index is 14.0. The number of likely N-dealkylation sites (N-methyl/N-ethyl adjacent to an activating group) is 1. The summed E-state index contributed by atoms with van der Waals surface area (Å²) in [6, 6.07) is 8.20. The third kappa shape index (κ3) is 4.54. The Balaban J connectivity index is 2.04. The number of carbonyl (C=O) groups excluding carboxylic acids is 2. The zero-order chi connectivity index (χ0) is 21.8. The topological polar surface area (TPSA) is 67.9 Å². The van der Waals surface area contributed by atoms with Crippen LogP contribution in [0, 0.1) is 11.6 Å². The van der Waals surface area contributed by atoms with Crippen molar-refractivity contribution in [1.29, 1.82) is 0 Å². The van der Waals surface area contributed by atoms with Gasteiger partial charge in [-0.3, -0.25) is 4.90 Å². The number of hydrogen-bond acceptors (Lipinski definition) is 4. The summed E-state index contributed by atoms with van der Waals surface area (Å²) in [5.74, 6) is -2.53. The van der Waals surface area contributed by atoms with Crippen LogP contribution in [0.25, 0.3) is 0 Å². The highest BCUT2D eigenvalue weighted by atomic mass is 35.5. The van der Waals surface area contributed by atoms with Crippen LogP contribution < -0.4 is 10.1 Å². The van der Waals surface area contributed by atoms with Crippen molar-refractivity contribution in [3.63, 3.8) is 0 Å². The lowest BCUT2D eigenvalue weighted by atomic mass is 9.95. The first-order chi connectivity index (χ1) is 14.3. The predicted octanol–water partition coefficient (Wildman–Crippen LogP) is 4.21. The third-order valence-corrected chi connectivity index (χ3v) is 4.75. The summed E-state index contributed by atoms with van der Waals surface area (Å²) >= 11 is 6.07. The maximum Gasteiger partial charge on any atom is 0.338 e. The Kier molecular flexibility index (Phi) is 6.56. The average molecular weight is 437 g/mol. The standard InChI is InChI=1S/C21H19ClF2N2O4/c1-3-29-20(27)18-16(11-30-17-8-7-14(23)10-15(17)24)26(2)21(28)25-19(18)12-5-4-6-13(22)9-12/h4-10,19H,3,11H2,1-2H3,(H,25,28). The van der Waals surface area contributed by atoms with Crippen molar-refractivity contribution in [3.05, 3.63) is 76.0 Å². The molecular weight excluding hydrogens is 418 g/mol. The van der Waals surface area contributed by atoms with Crippen LogP contribution in [0.4, 0.5) is 13.6 Å². The maximum absolute atomic E-state index is 14.0. The van der Waals surface area contributed by atoms with Gasteiger partial charge in [-0.25, -0.2) is 18.4 Å². The van der Waals surface area contributed by atoms with Crippen LogP contribution in [-0.2, 0) is 9.53 Å². The molecule has 0 aliphatic carbocycles. The minimum absolute atomic E-state index is 0.114. The first-order valence-electron chi connectivity index (χ1n) is 9.09. The van der Waals surface area contributed by atoms with Gasteiger partial charge in [-0.05, 0) is 36.8 Å². The van der Waals surface area contributed by atoms with E-state index in [9.17, 15) is 18.4 Å². The van der Waals surface area contributed by atoms with E-state index in [1.165, 1.54) is 11.9 Å². The lowest BCUT2D eigenvalue weighted by Crippen LogP contribution is -2.48. The first kappa shape index (κ1) is 21.6. The lowest BCUT2D eigenvalue weighted by molar-refractivity contribution is -0.139. The van der Waals surface area contributed by atoms with Crippen molar-refractivity contribution in [2.45, 2.75) is 13.0 Å². The molecule has 9 heteroatoms. The number of carbonyl (C=O) groups is 2. The SMILES string of the molecule is CCOC(=O)C1=C(COc2ccc(F)cc2F)N(C)C(=O)NC1c1cccc(Cl)c1. The Morgan fingerprint density at radius 3 is 2.67 bits per heavy atom. The lowest BCUT2D eigenvalue weighted by Gasteiger charge is -2.34. The van der Waals surface area contributed by atoms with Crippen LogP contribution in [0.15, 0.2) is 53.7 Å². The highest BCUT2D eigenvalue weighted by Crippen LogP contribution is 2.32. The van der Waals surface area contributed by atoms with Gasteiger partial charge < -0.3 is 14.8 Å². The van der Waals surface area contributed by atoms with E-state index in [0.29, 0.717) is 16.7 Å². The van der Waals surface area contributed by atoms with E-state index in [2.05, 4.69) is 5.32 Å². The quantitative estimate of drug-likeness (QED) is 0.689. The van der Waals surface area contributed by atoms with Crippen LogP contribution in [-0.4, -0.2) is 37.2 Å². The molecule has 3 rings (SSSR count). The van der Waals surface area contributed by atoms with Gasteiger partial charge in [-0.15, -0.1) is 0 Å². The van der Waals surface area contributed by atoms with E-state index in [4.69, 9.17) is 21.1 Å². The molecule has 0 radical (unpaired) electrons. The van der Waals surface area contributed by atoms with E-state index < -0.39 is 29.7 Å². The summed E-state index contributed by atoms with van der Waals surface area (Å²) in [5.41, 5.74) is 0.882. The zero-order valence-corrected chi connectivity index (χ0v) is 17.0. The molecule has 1 N–H and O–H groups in total. The highest BCUT2D eigenvalue weighted by molar-refractivity contribution is 6.30. The fourth-order valence-corrected chi connectivity index (χ4v) is 3.25. The molecule has 1 atom stereocenters. The zero-order valence-electron chi connectivity index (χ0n) is 16.2. The molecule has 30 heavy (non-hydrogen) atoms. The van der Waals surface area contributed by atoms with E-state index in [1.54, 1.807) is 31.2 Å². The van der Waals surface area contributed by atoms with Crippen molar-refractivity contribution in [2.75, 3.05) is 20.3 Å². The van der Waals surface area contributed by atoms with Crippen LogP contribution in [0.5, 0.6) is 5.75 Å². The molecule has 1 aliphatic heterocycles. The van der Waals surface area contributed by atoms with Gasteiger partial charge in [-0.1, -0.05) is 23.7 Å². The summed E-state index contributed by atoms with van der Waals surface area (Å²) in [4.78, 5) is 26.5. The number of nitrogens with zero attached hydrogens (tertiary/aromatic N) is 1. The molecule has 2 amide bonds. The molecule has 2 aromatic carbocycles. The molecule has 1 unspecified atom stereocenters. The van der Waals surface area contributed by atoms with E-state index >= 15 is 0 Å². The second-order valence-corrected chi connectivity index (χ2v) is 6.88. The Bertz CT molecular complexity index is 1010. The Morgan fingerprint density at radius 1 is 1.23 bits per heavy atom. The van der Waals surface area contributed by atoms with Crippen molar-refractivity contribution in [3.8, 4) is 5.75 Å². The molecule has 6 nitrogen and oxygen atoms in total. The molecule has 0 saturated heterocycles. The number of esters is 1. The van der Waals surface area contributed by atoms with E-state index in [0.717, 1.165) is 12.1 Å². The van der Waals surface area contributed by atoms with Crippen LogP contribution in [0.1, 0.15) is 18.5 Å². The second-order valence-electron chi connectivity index (χ2n) is 6.44. The number of rotatable bonds is 6.